The molecule has 0 aliphatic heterocycles. The maximum atomic E-state index is 9.10. The molecule has 9 nitrogen and oxygen atoms in total. The van der Waals surface area contributed by atoms with Crippen molar-refractivity contribution in [3.05, 3.63) is 18.2 Å². The summed E-state index contributed by atoms with van der Waals surface area (Å²) in [6.07, 6.45) is 1.93. The third-order valence-corrected chi connectivity index (χ3v) is 2.85. The number of ether oxygens (including phenoxy) is 3. The standard InChI is InChI=1S/C14H23NO4.C2H2O4/c1-17-12-6-5-7-13(18-2)14(12)19-11-4-3-8-15-9-10-16;3-1(4)2(5)6/h5-7,15-16H,3-4,8-11H2,1-2H3;(H,3,4)(H,5,6). The van der Waals surface area contributed by atoms with E-state index in [-0.39, 0.29) is 6.61 Å². The van der Waals surface area contributed by atoms with E-state index in [9.17, 15) is 0 Å². The molecule has 0 atom stereocenters. The highest BCUT2D eigenvalue weighted by Gasteiger charge is 2.10. The molecule has 0 aliphatic rings. The lowest BCUT2D eigenvalue weighted by molar-refractivity contribution is -0.159. The Kier molecular flexibility index (Phi) is 12.5. The van der Waals surface area contributed by atoms with Crippen molar-refractivity contribution >= 4 is 11.9 Å². The predicted molar refractivity (Wildman–Crippen MR) is 89.5 cm³/mol. The normalized spacial score (nSPS) is 9.56. The highest BCUT2D eigenvalue weighted by Crippen LogP contribution is 2.36. The number of aliphatic hydroxyl groups excluding tert-OH is 1. The molecule has 0 saturated carbocycles. The Labute approximate surface area is 146 Å². The van der Waals surface area contributed by atoms with Gasteiger partial charge in [0.15, 0.2) is 11.5 Å². The van der Waals surface area contributed by atoms with Gasteiger partial charge in [-0.25, -0.2) is 9.59 Å². The lowest BCUT2D eigenvalue weighted by atomic mass is 10.3. The van der Waals surface area contributed by atoms with Gasteiger partial charge in [-0.15, -0.1) is 0 Å². The zero-order chi connectivity index (χ0) is 19.1. The number of methoxy groups -OCH3 is 2. The first-order valence-electron chi connectivity index (χ1n) is 7.59. The van der Waals surface area contributed by atoms with E-state index in [1.807, 2.05) is 18.2 Å². The molecule has 0 aliphatic carbocycles. The number of hydrogen-bond donors (Lipinski definition) is 4. The van der Waals surface area contributed by atoms with Crippen LogP contribution in [0, 0.1) is 0 Å². The summed E-state index contributed by atoms with van der Waals surface area (Å²) in [5.41, 5.74) is 0. The second-order valence-electron chi connectivity index (χ2n) is 4.63. The summed E-state index contributed by atoms with van der Waals surface area (Å²) in [6.45, 7) is 2.31. The average Bonchev–Trinajstić information content (AvgIpc) is 2.61. The first-order valence-corrected chi connectivity index (χ1v) is 7.59. The third-order valence-electron chi connectivity index (χ3n) is 2.85. The quantitative estimate of drug-likeness (QED) is 0.350. The van der Waals surface area contributed by atoms with Crippen LogP contribution < -0.4 is 19.5 Å². The van der Waals surface area contributed by atoms with Crippen LogP contribution in [-0.2, 0) is 9.59 Å². The number of benzene rings is 1. The number of carbonyl (C=O) groups is 2. The van der Waals surface area contributed by atoms with Crippen LogP contribution in [0.1, 0.15) is 12.8 Å². The van der Waals surface area contributed by atoms with Gasteiger partial charge in [0.25, 0.3) is 0 Å². The maximum Gasteiger partial charge on any atom is 0.414 e. The van der Waals surface area contributed by atoms with Gasteiger partial charge in [-0.2, -0.15) is 0 Å². The molecule has 1 aromatic carbocycles. The summed E-state index contributed by atoms with van der Waals surface area (Å²) >= 11 is 0. The Morgan fingerprint density at radius 1 is 1.00 bits per heavy atom. The van der Waals surface area contributed by atoms with Crippen LogP contribution in [0.2, 0.25) is 0 Å². The predicted octanol–water partition coefficient (Wildman–Crippen LogP) is 0.600. The van der Waals surface area contributed by atoms with E-state index in [1.165, 1.54) is 0 Å². The van der Waals surface area contributed by atoms with Gasteiger partial charge < -0.3 is 34.8 Å². The highest BCUT2D eigenvalue weighted by molar-refractivity contribution is 6.27. The smallest absolute Gasteiger partial charge is 0.414 e. The molecule has 0 bridgehead atoms. The topological polar surface area (TPSA) is 135 Å². The molecule has 0 spiro atoms. The number of para-hydroxylation sites is 1. The van der Waals surface area contributed by atoms with Crippen molar-refractivity contribution in [1.29, 1.82) is 0 Å². The molecule has 0 amide bonds. The molecule has 9 heteroatoms. The summed E-state index contributed by atoms with van der Waals surface area (Å²) in [5.74, 6) is -1.64. The second kappa shape index (κ2) is 13.9. The Morgan fingerprint density at radius 3 is 2.00 bits per heavy atom. The molecule has 0 radical (unpaired) electrons. The van der Waals surface area contributed by atoms with Crippen LogP contribution in [0.3, 0.4) is 0 Å². The lowest BCUT2D eigenvalue weighted by Crippen LogP contribution is -2.19. The van der Waals surface area contributed by atoms with Gasteiger partial charge in [-0.05, 0) is 31.5 Å². The summed E-state index contributed by atoms with van der Waals surface area (Å²) in [5, 5.41) is 26.5. The third kappa shape index (κ3) is 10.0. The Morgan fingerprint density at radius 2 is 1.56 bits per heavy atom. The van der Waals surface area contributed by atoms with Gasteiger partial charge in [-0.3, -0.25) is 0 Å². The van der Waals surface area contributed by atoms with E-state index in [1.54, 1.807) is 14.2 Å². The first-order chi connectivity index (χ1) is 12.0. The molecule has 4 N–H and O–H groups in total. The van der Waals surface area contributed by atoms with E-state index in [2.05, 4.69) is 5.32 Å². The Hall–Kier alpha value is -2.52. The van der Waals surface area contributed by atoms with E-state index in [0.717, 1.165) is 19.4 Å². The zero-order valence-electron chi connectivity index (χ0n) is 14.4. The molecular formula is C16H25NO8. The van der Waals surface area contributed by atoms with Gasteiger partial charge in [0.1, 0.15) is 0 Å². The minimum atomic E-state index is -1.82. The Balaban J connectivity index is 0.000000823. The number of unbranched alkanes of at least 4 members (excludes halogenated alkanes) is 1. The van der Waals surface area contributed by atoms with Crippen molar-refractivity contribution in [3.63, 3.8) is 0 Å². The van der Waals surface area contributed by atoms with Gasteiger partial charge in [0.05, 0.1) is 27.4 Å². The zero-order valence-corrected chi connectivity index (χ0v) is 14.4. The van der Waals surface area contributed by atoms with Crippen molar-refractivity contribution in [3.8, 4) is 17.2 Å². The molecule has 0 unspecified atom stereocenters. The van der Waals surface area contributed by atoms with Crippen LogP contribution in [0.5, 0.6) is 17.2 Å². The fourth-order valence-electron chi connectivity index (χ4n) is 1.69. The molecule has 25 heavy (non-hydrogen) atoms. The van der Waals surface area contributed by atoms with E-state index >= 15 is 0 Å². The first kappa shape index (κ1) is 22.5. The number of rotatable bonds is 10. The molecule has 0 saturated heterocycles. The van der Waals surface area contributed by atoms with Crippen molar-refractivity contribution in [2.24, 2.45) is 0 Å². The minimum Gasteiger partial charge on any atom is -0.493 e. The molecule has 1 rings (SSSR count). The Bertz CT molecular complexity index is 487. The number of hydrogen-bond acceptors (Lipinski definition) is 7. The number of carboxylic acids is 2. The van der Waals surface area contributed by atoms with Gasteiger partial charge in [-0.1, -0.05) is 6.07 Å². The highest BCUT2D eigenvalue weighted by atomic mass is 16.5. The molecule has 1 aromatic rings. The van der Waals surface area contributed by atoms with Crippen LogP contribution in [-0.4, -0.2) is 67.8 Å². The molecule has 0 heterocycles. The molecule has 0 aromatic heterocycles. The largest absolute Gasteiger partial charge is 0.493 e. The van der Waals surface area contributed by atoms with Crippen LogP contribution >= 0.6 is 0 Å². The van der Waals surface area contributed by atoms with Gasteiger partial charge in [0.2, 0.25) is 5.75 Å². The fourth-order valence-corrected chi connectivity index (χ4v) is 1.69. The van der Waals surface area contributed by atoms with E-state index in [0.29, 0.717) is 30.4 Å². The van der Waals surface area contributed by atoms with Crippen molar-refractivity contribution < 1.29 is 39.1 Å². The van der Waals surface area contributed by atoms with Crippen LogP contribution in [0.15, 0.2) is 18.2 Å². The van der Waals surface area contributed by atoms with E-state index < -0.39 is 11.9 Å². The average molecular weight is 359 g/mol. The van der Waals surface area contributed by atoms with Crippen molar-refractivity contribution in [2.45, 2.75) is 12.8 Å². The summed E-state index contributed by atoms with van der Waals surface area (Å²) in [7, 11) is 3.22. The molecular weight excluding hydrogens is 334 g/mol. The van der Waals surface area contributed by atoms with E-state index in [4.69, 9.17) is 39.1 Å². The number of carboxylic acid groups (broad SMARTS) is 2. The number of nitrogens with one attached hydrogen (secondary N) is 1. The van der Waals surface area contributed by atoms with Crippen LogP contribution in [0.4, 0.5) is 0 Å². The molecule has 0 fully saturated rings. The summed E-state index contributed by atoms with van der Waals surface area (Å²) < 4.78 is 16.2. The van der Waals surface area contributed by atoms with Gasteiger partial charge >= 0.3 is 11.9 Å². The monoisotopic (exact) mass is 359 g/mol. The van der Waals surface area contributed by atoms with Gasteiger partial charge in [0, 0.05) is 6.54 Å². The number of aliphatic hydroxyl groups is 1. The summed E-state index contributed by atoms with van der Waals surface area (Å²) in [6, 6.07) is 5.56. The van der Waals surface area contributed by atoms with Crippen LogP contribution in [0.25, 0.3) is 0 Å². The minimum absolute atomic E-state index is 0.176. The van der Waals surface area contributed by atoms with Crippen molar-refractivity contribution in [1.82, 2.24) is 5.32 Å². The lowest BCUT2D eigenvalue weighted by Gasteiger charge is -2.14. The second-order valence-corrected chi connectivity index (χ2v) is 4.63. The maximum absolute atomic E-state index is 9.10. The fraction of sp³-hybridized carbons (Fsp3) is 0.500. The van der Waals surface area contributed by atoms with Crippen molar-refractivity contribution in [2.75, 3.05) is 40.5 Å². The number of aliphatic carboxylic acids is 2. The summed E-state index contributed by atoms with van der Waals surface area (Å²) in [4.78, 5) is 18.2. The molecule has 142 valence electrons. The SMILES string of the molecule is COc1cccc(OC)c1OCCCCNCCO.O=C(O)C(=O)O.